The Kier molecular flexibility index (Phi) is 5.48. The predicted molar refractivity (Wildman–Crippen MR) is 131 cm³/mol. The van der Waals surface area contributed by atoms with Gasteiger partial charge in [-0.15, -0.1) is 0 Å². The van der Waals surface area contributed by atoms with E-state index in [9.17, 15) is 14.7 Å². The van der Waals surface area contributed by atoms with Gasteiger partial charge in [0.05, 0.1) is 18.6 Å². The molecule has 2 fully saturated rings. The lowest BCUT2D eigenvalue weighted by Gasteiger charge is -2.34. The first-order valence-electron chi connectivity index (χ1n) is 12.5. The summed E-state index contributed by atoms with van der Waals surface area (Å²) in [6.45, 7) is 4.94. The molecule has 1 aromatic carbocycles. The minimum atomic E-state index is -0.885. The number of aromatic amines is 1. The number of H-pyrrole nitrogens is 1. The van der Waals surface area contributed by atoms with Crippen molar-refractivity contribution in [1.82, 2.24) is 19.8 Å². The Labute approximate surface area is 203 Å². The molecular formula is C27H30N4O4. The summed E-state index contributed by atoms with van der Waals surface area (Å²) in [4.78, 5) is 36.5. The van der Waals surface area contributed by atoms with Crippen molar-refractivity contribution in [3.8, 4) is 11.1 Å². The zero-order chi connectivity index (χ0) is 24.1. The number of carbonyl (C=O) groups excluding carboxylic acids is 1. The minimum Gasteiger partial charge on any atom is -0.465 e. The molecule has 0 aliphatic carbocycles. The van der Waals surface area contributed by atoms with Crippen LogP contribution in [0.15, 0.2) is 30.6 Å². The molecule has 0 bridgehead atoms. The fourth-order valence-corrected chi connectivity index (χ4v) is 5.95. The van der Waals surface area contributed by atoms with Gasteiger partial charge in [0.15, 0.2) is 0 Å². The van der Waals surface area contributed by atoms with Crippen LogP contribution in [0.1, 0.15) is 47.6 Å². The van der Waals surface area contributed by atoms with Crippen LogP contribution >= 0.6 is 0 Å². The van der Waals surface area contributed by atoms with E-state index < -0.39 is 6.09 Å². The second kappa shape index (κ2) is 8.68. The van der Waals surface area contributed by atoms with E-state index >= 15 is 0 Å². The van der Waals surface area contributed by atoms with Gasteiger partial charge in [0.1, 0.15) is 5.65 Å². The maximum atomic E-state index is 13.2. The van der Waals surface area contributed by atoms with Crippen molar-refractivity contribution in [2.75, 3.05) is 26.3 Å². The molecule has 2 N–H and O–H groups in total. The number of fused-ring (bicyclic) bond motifs is 2. The number of carboxylic acid groups (broad SMARTS) is 1. The van der Waals surface area contributed by atoms with Crippen molar-refractivity contribution in [3.63, 3.8) is 0 Å². The highest BCUT2D eigenvalue weighted by atomic mass is 16.5. The molecule has 8 nitrogen and oxygen atoms in total. The Morgan fingerprint density at radius 2 is 2.06 bits per heavy atom. The Morgan fingerprint density at radius 3 is 2.86 bits per heavy atom. The number of ether oxygens (including phenoxy) is 1. The second-order valence-corrected chi connectivity index (χ2v) is 10.00. The van der Waals surface area contributed by atoms with Crippen LogP contribution in [0.4, 0.5) is 4.79 Å². The molecule has 8 heteroatoms. The summed E-state index contributed by atoms with van der Waals surface area (Å²) in [5.41, 5.74) is 7.42. The zero-order valence-corrected chi connectivity index (χ0v) is 19.9. The van der Waals surface area contributed by atoms with Gasteiger partial charge in [-0.3, -0.25) is 4.79 Å². The second-order valence-electron chi connectivity index (χ2n) is 10.00. The van der Waals surface area contributed by atoms with Crippen molar-refractivity contribution in [3.05, 3.63) is 52.8 Å². The SMILES string of the molecule is Cc1c[nH]c2ncc(-c3cc4c(c([C@@H]5CCCN5C(=O)O)c3)CN(C(=O)C3CCOC3)CC4)cc12. The molecule has 182 valence electrons. The Balaban J connectivity index is 1.43. The number of aryl methyl sites for hydroxylation is 1. The van der Waals surface area contributed by atoms with Gasteiger partial charge in [-0.05, 0) is 72.6 Å². The molecule has 2 aromatic heterocycles. The molecular weight excluding hydrogens is 444 g/mol. The van der Waals surface area contributed by atoms with Crippen molar-refractivity contribution < 1.29 is 19.4 Å². The van der Waals surface area contributed by atoms with Crippen LogP contribution in [-0.4, -0.2) is 63.2 Å². The fraction of sp³-hybridized carbons (Fsp3) is 0.444. The topological polar surface area (TPSA) is 98.8 Å². The van der Waals surface area contributed by atoms with Gasteiger partial charge >= 0.3 is 6.09 Å². The molecule has 3 aliphatic heterocycles. The Morgan fingerprint density at radius 1 is 1.17 bits per heavy atom. The molecule has 1 unspecified atom stereocenters. The van der Waals surface area contributed by atoms with Gasteiger partial charge in [0.25, 0.3) is 0 Å². The third-order valence-electron chi connectivity index (χ3n) is 7.90. The van der Waals surface area contributed by atoms with Crippen LogP contribution in [0.2, 0.25) is 0 Å². The molecule has 35 heavy (non-hydrogen) atoms. The van der Waals surface area contributed by atoms with Gasteiger partial charge in [-0.2, -0.15) is 0 Å². The largest absolute Gasteiger partial charge is 0.465 e. The number of carbonyl (C=O) groups is 2. The molecule has 6 rings (SSSR count). The predicted octanol–water partition coefficient (Wildman–Crippen LogP) is 4.27. The quantitative estimate of drug-likeness (QED) is 0.591. The van der Waals surface area contributed by atoms with E-state index in [4.69, 9.17) is 4.74 Å². The van der Waals surface area contributed by atoms with E-state index in [1.54, 1.807) is 4.90 Å². The summed E-state index contributed by atoms with van der Waals surface area (Å²) in [5, 5.41) is 11.0. The normalized spacial score (nSPS) is 22.1. The van der Waals surface area contributed by atoms with Gasteiger partial charge in [0, 0.05) is 49.6 Å². The zero-order valence-electron chi connectivity index (χ0n) is 19.9. The van der Waals surface area contributed by atoms with Crippen molar-refractivity contribution in [2.45, 2.75) is 45.2 Å². The molecule has 5 heterocycles. The molecule has 2 saturated heterocycles. The Hall–Kier alpha value is -3.39. The number of aromatic nitrogens is 2. The van der Waals surface area contributed by atoms with Crippen LogP contribution in [0.25, 0.3) is 22.2 Å². The standard InChI is InChI=1S/C27H30N4O4/c1-16-12-28-25-21(16)11-20(13-29-25)19-9-17-4-7-30(26(32)18-5-8-35-15-18)14-23(17)22(10-19)24-3-2-6-31(24)27(33)34/h9-13,18,24H,2-8,14-15H2,1H3,(H,28,29)(H,33,34)/t18?,24-/m0/s1. The van der Waals surface area contributed by atoms with E-state index in [-0.39, 0.29) is 17.9 Å². The molecule has 2 atom stereocenters. The molecule has 3 aliphatic rings. The van der Waals surface area contributed by atoms with Crippen LogP contribution in [-0.2, 0) is 22.5 Å². The first kappa shape index (κ1) is 22.1. The van der Waals surface area contributed by atoms with Crippen molar-refractivity contribution in [1.29, 1.82) is 0 Å². The number of amides is 2. The van der Waals surface area contributed by atoms with Gasteiger partial charge in [0.2, 0.25) is 5.91 Å². The molecule has 0 saturated carbocycles. The average molecular weight is 475 g/mol. The van der Waals surface area contributed by atoms with E-state index in [2.05, 4.69) is 35.1 Å². The van der Waals surface area contributed by atoms with Gasteiger partial charge < -0.3 is 24.6 Å². The highest BCUT2D eigenvalue weighted by molar-refractivity contribution is 5.85. The number of hydrogen-bond donors (Lipinski definition) is 2. The first-order chi connectivity index (χ1) is 17.0. The lowest BCUT2D eigenvalue weighted by Crippen LogP contribution is -2.41. The summed E-state index contributed by atoms with van der Waals surface area (Å²) >= 11 is 0. The van der Waals surface area contributed by atoms with E-state index in [1.165, 1.54) is 5.56 Å². The summed E-state index contributed by atoms with van der Waals surface area (Å²) < 4.78 is 5.45. The van der Waals surface area contributed by atoms with Crippen LogP contribution in [0.3, 0.4) is 0 Å². The average Bonchev–Trinajstić information content (AvgIpc) is 3.64. The van der Waals surface area contributed by atoms with Crippen LogP contribution in [0.5, 0.6) is 0 Å². The maximum absolute atomic E-state index is 13.2. The molecule has 0 radical (unpaired) electrons. The van der Waals surface area contributed by atoms with Crippen molar-refractivity contribution in [2.24, 2.45) is 5.92 Å². The lowest BCUT2D eigenvalue weighted by molar-refractivity contribution is -0.136. The third kappa shape index (κ3) is 3.86. The van der Waals surface area contributed by atoms with Crippen molar-refractivity contribution >= 4 is 23.0 Å². The number of nitrogens with one attached hydrogen (secondary N) is 1. The third-order valence-corrected chi connectivity index (χ3v) is 7.90. The molecule has 2 amide bonds. The number of pyridine rings is 1. The Bertz CT molecular complexity index is 1310. The van der Waals surface area contributed by atoms with E-state index in [0.29, 0.717) is 32.8 Å². The van der Waals surface area contributed by atoms with Crippen LogP contribution in [0, 0.1) is 12.8 Å². The number of nitrogens with zero attached hydrogens (tertiary/aromatic N) is 3. The summed E-state index contributed by atoms with van der Waals surface area (Å²) in [5.74, 6) is 0.0888. The first-order valence-corrected chi connectivity index (χ1v) is 12.5. The molecule has 3 aromatic rings. The number of benzene rings is 1. The highest BCUT2D eigenvalue weighted by Gasteiger charge is 2.35. The monoisotopic (exact) mass is 474 g/mol. The van der Waals surface area contributed by atoms with E-state index in [0.717, 1.165) is 64.5 Å². The maximum Gasteiger partial charge on any atom is 0.407 e. The molecule has 0 spiro atoms. The smallest absolute Gasteiger partial charge is 0.407 e. The summed E-state index contributed by atoms with van der Waals surface area (Å²) in [6, 6.07) is 6.31. The number of likely N-dealkylation sites (tertiary alicyclic amines) is 1. The van der Waals surface area contributed by atoms with Crippen LogP contribution < -0.4 is 0 Å². The van der Waals surface area contributed by atoms with E-state index in [1.807, 2.05) is 17.3 Å². The van der Waals surface area contributed by atoms with Gasteiger partial charge in [-0.25, -0.2) is 9.78 Å². The summed E-state index contributed by atoms with van der Waals surface area (Å²) in [6.07, 6.45) is 6.13. The minimum absolute atomic E-state index is 0.0661. The number of rotatable bonds is 3. The van der Waals surface area contributed by atoms with Gasteiger partial charge in [-0.1, -0.05) is 6.07 Å². The number of hydrogen-bond acceptors (Lipinski definition) is 4. The summed E-state index contributed by atoms with van der Waals surface area (Å²) in [7, 11) is 0. The highest BCUT2D eigenvalue weighted by Crippen LogP contribution is 2.40. The lowest BCUT2D eigenvalue weighted by atomic mass is 9.86. The fourth-order valence-electron chi connectivity index (χ4n) is 5.95.